The van der Waals surface area contributed by atoms with E-state index >= 15 is 0 Å². The van der Waals surface area contributed by atoms with Gasteiger partial charge < -0.3 is 6.33 Å². The number of hydrogen-bond acceptors (Lipinski definition) is 9. The normalized spacial score (nSPS) is 13.8. The molecule has 2 amide bonds. The van der Waals surface area contributed by atoms with E-state index < -0.39 is 22.1 Å². The third kappa shape index (κ3) is 10.3. The van der Waals surface area contributed by atoms with Crippen LogP contribution in [-0.2, 0) is 24.2 Å². The van der Waals surface area contributed by atoms with E-state index in [1.165, 1.54) is 0 Å². The minimum atomic E-state index is -4.61. The smallest absolute Gasteiger partial charge is 1.00 e. The van der Waals surface area contributed by atoms with Gasteiger partial charge in [-0.05, 0) is 34.0 Å². The fourth-order valence-corrected chi connectivity index (χ4v) is 2.22. The first-order valence-electron chi connectivity index (χ1n) is 6.93. The average molecular weight is 374 g/mol. The summed E-state index contributed by atoms with van der Waals surface area (Å²) < 4.78 is 24.2. The van der Waals surface area contributed by atoms with Crippen LogP contribution >= 0.6 is 0 Å². The Labute approximate surface area is 165 Å². The molecule has 1 N–H and O–H groups in total. The summed E-state index contributed by atoms with van der Waals surface area (Å²) in [5, 5.41) is 7.86. The minimum Gasteiger partial charge on any atom is -1.00 e. The van der Waals surface area contributed by atoms with Gasteiger partial charge in [0.2, 0.25) is 11.8 Å². The molecular weight excluding hydrogens is 351 g/mol. The number of amides is 2. The van der Waals surface area contributed by atoms with Crippen molar-refractivity contribution in [3.63, 3.8) is 0 Å². The summed E-state index contributed by atoms with van der Waals surface area (Å²) in [5.41, 5.74) is 0. The predicted octanol–water partition coefficient (Wildman–Crippen LogP) is -2.88. The summed E-state index contributed by atoms with van der Waals surface area (Å²) in [6.45, 7) is 4.67. The number of rotatable bonds is 7. The average Bonchev–Trinajstić information content (AvgIpc) is 2.83. The molecular formula is C12H23N4NaO6S. The van der Waals surface area contributed by atoms with E-state index in [0.717, 1.165) is 26.1 Å². The van der Waals surface area contributed by atoms with E-state index in [0.29, 0.717) is 0 Å². The molecule has 24 heavy (non-hydrogen) atoms. The van der Waals surface area contributed by atoms with Gasteiger partial charge in [0.25, 0.3) is 0 Å². The van der Waals surface area contributed by atoms with Crippen LogP contribution in [0.5, 0.6) is 0 Å². The first-order valence-corrected chi connectivity index (χ1v) is 8.29. The van der Waals surface area contributed by atoms with Crippen molar-refractivity contribution in [1.29, 1.82) is 0 Å². The van der Waals surface area contributed by atoms with E-state index in [1.54, 1.807) is 0 Å². The van der Waals surface area contributed by atoms with Crippen LogP contribution < -0.4 is 29.6 Å². The molecule has 0 atom stereocenters. The van der Waals surface area contributed by atoms with E-state index in [9.17, 15) is 18.0 Å². The maximum Gasteiger partial charge on any atom is 1.00 e. The van der Waals surface area contributed by atoms with Crippen molar-refractivity contribution in [2.45, 2.75) is 26.2 Å². The number of imide groups is 1. The summed E-state index contributed by atoms with van der Waals surface area (Å²) >= 11 is 0. The molecule has 0 bridgehead atoms. The second kappa shape index (κ2) is 13.6. The Morgan fingerprint density at radius 1 is 1.29 bits per heavy atom. The third-order valence-corrected chi connectivity index (χ3v) is 3.54. The Bertz CT molecular complexity index is 550. The fraction of sp³-hybridized carbons (Fsp3) is 0.750. The molecule has 134 valence electrons. The SMILES string of the molecule is CCN=C=NCCCN(C)C.O=C1CCC(=O)N1S(=O)(=O)OO.[H-].[Na+]. The minimum absolute atomic E-state index is 0. The van der Waals surface area contributed by atoms with Crippen LogP contribution in [0.1, 0.15) is 27.6 Å². The van der Waals surface area contributed by atoms with Gasteiger partial charge in [0.1, 0.15) is 0 Å². The Balaban J connectivity index is -0.000000360. The third-order valence-electron chi connectivity index (χ3n) is 2.50. The zero-order valence-corrected chi connectivity index (χ0v) is 17.2. The van der Waals surface area contributed by atoms with Crippen LogP contribution in [0, 0.1) is 0 Å². The Morgan fingerprint density at radius 3 is 2.25 bits per heavy atom. The Morgan fingerprint density at radius 2 is 1.83 bits per heavy atom. The molecule has 12 heteroatoms. The molecule has 10 nitrogen and oxygen atoms in total. The number of hydrogen-bond donors (Lipinski definition) is 1. The molecule has 0 spiro atoms. The van der Waals surface area contributed by atoms with Crippen molar-refractivity contribution >= 4 is 28.1 Å². The number of aliphatic imine (C=N–C) groups is 2. The number of carbonyl (C=O) groups is 2. The number of nitrogens with zero attached hydrogens (tertiary/aromatic N) is 4. The van der Waals surface area contributed by atoms with Gasteiger partial charge in [0.15, 0.2) is 0 Å². The Kier molecular flexibility index (Phi) is 14.5. The quantitative estimate of drug-likeness (QED) is 0.127. The summed E-state index contributed by atoms with van der Waals surface area (Å²) in [6.07, 6.45) is 0.724. The van der Waals surface area contributed by atoms with Gasteiger partial charge in [-0.3, -0.25) is 9.59 Å². The molecule has 0 aromatic heterocycles. The van der Waals surface area contributed by atoms with Crippen LogP contribution in [0.3, 0.4) is 0 Å². The molecule has 1 rings (SSSR count). The summed E-state index contributed by atoms with van der Waals surface area (Å²) in [6, 6.07) is 2.64. The van der Waals surface area contributed by atoms with Crippen LogP contribution in [-0.4, -0.2) is 74.4 Å². The molecule has 1 fully saturated rings. The van der Waals surface area contributed by atoms with Crippen LogP contribution in [0.4, 0.5) is 0 Å². The standard InChI is InChI=1S/C8H17N3.C4H5NO6S.Na.H/c1-4-9-8-10-6-5-7-11(2)3;6-3-1-2-4(7)5(3)12(9,10)11-8;;/h4-7H2,1-3H3;8H,1-2H2;;/q;;+1;-1. The molecule has 1 aliphatic rings. The van der Waals surface area contributed by atoms with Crippen molar-refractivity contribution in [2.24, 2.45) is 9.98 Å². The van der Waals surface area contributed by atoms with Crippen molar-refractivity contribution < 1.29 is 58.6 Å². The summed E-state index contributed by atoms with van der Waals surface area (Å²) in [5.74, 6) is -1.79. The maximum absolute atomic E-state index is 10.7. The first kappa shape index (κ1) is 25.6. The topological polar surface area (TPSA) is 129 Å². The maximum atomic E-state index is 10.7. The van der Waals surface area contributed by atoms with Gasteiger partial charge in [-0.25, -0.2) is 15.2 Å². The number of carbonyl (C=O) groups excluding carboxylic acids is 2. The van der Waals surface area contributed by atoms with E-state index in [1.807, 2.05) is 6.92 Å². The molecule has 0 aromatic rings. The van der Waals surface area contributed by atoms with Gasteiger partial charge >= 0.3 is 39.9 Å². The molecule has 1 heterocycles. The Hall–Kier alpha value is -0.650. The molecule has 0 aliphatic carbocycles. The zero-order valence-electron chi connectivity index (χ0n) is 15.4. The van der Waals surface area contributed by atoms with Gasteiger partial charge in [-0.1, -0.05) is 4.33 Å². The second-order valence-corrected chi connectivity index (χ2v) is 6.07. The monoisotopic (exact) mass is 374 g/mol. The van der Waals surface area contributed by atoms with Crippen LogP contribution in [0.2, 0.25) is 0 Å². The van der Waals surface area contributed by atoms with Crippen molar-refractivity contribution in [3.8, 4) is 0 Å². The predicted molar refractivity (Wildman–Crippen MR) is 83.3 cm³/mol. The van der Waals surface area contributed by atoms with E-state index in [-0.39, 0.29) is 48.1 Å². The summed E-state index contributed by atoms with van der Waals surface area (Å²) in [4.78, 5) is 31.4. The molecule has 0 radical (unpaired) electrons. The van der Waals surface area contributed by atoms with Crippen molar-refractivity contribution in [1.82, 2.24) is 9.21 Å². The zero-order chi connectivity index (χ0) is 17.9. The van der Waals surface area contributed by atoms with Gasteiger partial charge in [-0.2, -0.15) is 8.42 Å². The van der Waals surface area contributed by atoms with Gasteiger partial charge in [0, 0.05) is 19.4 Å². The molecule has 1 saturated heterocycles. The van der Waals surface area contributed by atoms with Gasteiger partial charge in [-0.15, -0.1) is 4.31 Å². The van der Waals surface area contributed by atoms with E-state index in [4.69, 9.17) is 5.26 Å². The first-order chi connectivity index (χ1) is 10.8. The summed E-state index contributed by atoms with van der Waals surface area (Å²) in [7, 11) is -0.488. The van der Waals surface area contributed by atoms with Crippen molar-refractivity contribution in [3.05, 3.63) is 0 Å². The second-order valence-electron chi connectivity index (χ2n) is 4.70. The fourth-order valence-electron chi connectivity index (χ4n) is 1.48. The van der Waals surface area contributed by atoms with Crippen LogP contribution in [0.15, 0.2) is 9.98 Å². The van der Waals surface area contributed by atoms with Crippen LogP contribution in [0.25, 0.3) is 0 Å². The van der Waals surface area contributed by atoms with Crippen molar-refractivity contribution in [2.75, 3.05) is 33.7 Å². The molecule has 1 aliphatic heterocycles. The molecule has 0 aromatic carbocycles. The molecule has 0 unspecified atom stereocenters. The van der Waals surface area contributed by atoms with Gasteiger partial charge in [0.05, 0.1) is 12.6 Å². The molecule has 0 saturated carbocycles. The largest absolute Gasteiger partial charge is 1.00 e. The van der Waals surface area contributed by atoms with E-state index in [2.05, 4.69) is 39.3 Å².